The Balaban J connectivity index is 1.93. The molecule has 0 aromatic rings. The first-order chi connectivity index (χ1) is 9.09. The van der Waals surface area contributed by atoms with Crippen LogP contribution in [0.25, 0.3) is 0 Å². The van der Waals surface area contributed by atoms with Crippen LogP contribution in [-0.4, -0.2) is 19.6 Å². The first-order valence-corrected chi connectivity index (χ1v) is 9.20. The lowest BCUT2D eigenvalue weighted by molar-refractivity contribution is -0.122. The number of hydrogen-bond acceptors (Lipinski definition) is 3. The lowest BCUT2D eigenvalue weighted by Crippen LogP contribution is -2.41. The van der Waals surface area contributed by atoms with Crippen molar-refractivity contribution in [3.63, 3.8) is 0 Å². The third kappa shape index (κ3) is 4.20. The van der Waals surface area contributed by atoms with E-state index in [9.17, 15) is 13.2 Å². The number of nitrogens with one attached hydrogen (secondary N) is 1. The fourth-order valence-electron chi connectivity index (χ4n) is 3.22. The zero-order valence-electron chi connectivity index (χ0n) is 11.6. The minimum Gasteiger partial charge on any atom is -0.274 e. The first-order valence-electron chi connectivity index (χ1n) is 7.65. The molecule has 110 valence electrons. The summed E-state index contributed by atoms with van der Waals surface area (Å²) in [4.78, 5) is 12.0. The smallest absolute Gasteiger partial charge is 0.237 e. The van der Waals surface area contributed by atoms with E-state index in [0.29, 0.717) is 12.8 Å². The van der Waals surface area contributed by atoms with Crippen LogP contribution in [0.15, 0.2) is 0 Å². The van der Waals surface area contributed by atoms with E-state index >= 15 is 0 Å². The Labute approximate surface area is 116 Å². The second kappa shape index (κ2) is 6.73. The van der Waals surface area contributed by atoms with Crippen molar-refractivity contribution in [3.05, 3.63) is 0 Å². The largest absolute Gasteiger partial charge is 0.274 e. The van der Waals surface area contributed by atoms with Crippen LogP contribution in [0, 0.1) is 5.92 Å². The average molecular weight is 287 g/mol. The summed E-state index contributed by atoms with van der Waals surface area (Å²) in [6, 6.07) is 0. The van der Waals surface area contributed by atoms with E-state index in [0.717, 1.165) is 51.4 Å². The maximum absolute atomic E-state index is 12.3. The van der Waals surface area contributed by atoms with Crippen molar-refractivity contribution in [1.82, 2.24) is 4.72 Å². The molecule has 2 fully saturated rings. The van der Waals surface area contributed by atoms with Crippen LogP contribution in [0.2, 0.25) is 0 Å². The number of rotatable bonds is 3. The van der Waals surface area contributed by atoms with Gasteiger partial charge < -0.3 is 0 Å². The number of amides is 1. The van der Waals surface area contributed by atoms with Crippen molar-refractivity contribution in [2.45, 2.75) is 75.9 Å². The Hall–Kier alpha value is -0.580. The minimum absolute atomic E-state index is 0.0802. The molecule has 5 heteroatoms. The molecule has 0 aliphatic heterocycles. The van der Waals surface area contributed by atoms with Crippen molar-refractivity contribution < 1.29 is 13.2 Å². The van der Waals surface area contributed by atoms with Crippen LogP contribution in [-0.2, 0) is 14.8 Å². The van der Waals surface area contributed by atoms with E-state index in [1.54, 1.807) is 0 Å². The van der Waals surface area contributed by atoms with Gasteiger partial charge in [0.1, 0.15) is 0 Å². The van der Waals surface area contributed by atoms with Crippen LogP contribution >= 0.6 is 0 Å². The van der Waals surface area contributed by atoms with E-state index in [4.69, 9.17) is 0 Å². The van der Waals surface area contributed by atoms with Gasteiger partial charge in [-0.15, -0.1) is 0 Å². The maximum Gasteiger partial charge on any atom is 0.237 e. The van der Waals surface area contributed by atoms with Crippen LogP contribution in [0.4, 0.5) is 0 Å². The van der Waals surface area contributed by atoms with E-state index < -0.39 is 10.0 Å². The second-order valence-corrected chi connectivity index (χ2v) is 7.92. The Kier molecular flexibility index (Phi) is 5.25. The highest BCUT2D eigenvalue weighted by molar-refractivity contribution is 7.90. The average Bonchev–Trinajstić information content (AvgIpc) is 2.80. The molecule has 2 aliphatic rings. The van der Waals surface area contributed by atoms with E-state index in [-0.39, 0.29) is 17.1 Å². The molecule has 0 atom stereocenters. The summed E-state index contributed by atoms with van der Waals surface area (Å²) in [5.41, 5.74) is 0. The topological polar surface area (TPSA) is 63.2 Å². The highest BCUT2D eigenvalue weighted by atomic mass is 32.2. The van der Waals surface area contributed by atoms with Gasteiger partial charge >= 0.3 is 0 Å². The summed E-state index contributed by atoms with van der Waals surface area (Å²) in [5, 5.41) is -0.363. The van der Waals surface area contributed by atoms with Crippen LogP contribution in [0.1, 0.15) is 70.6 Å². The second-order valence-electron chi connectivity index (χ2n) is 5.96. The number of hydrogen-bond donors (Lipinski definition) is 1. The summed E-state index contributed by atoms with van der Waals surface area (Å²) in [6.07, 6.45) is 10.5. The highest BCUT2D eigenvalue weighted by Crippen LogP contribution is 2.26. The lowest BCUT2D eigenvalue weighted by Gasteiger charge is -2.21. The molecule has 0 heterocycles. The van der Waals surface area contributed by atoms with Crippen molar-refractivity contribution >= 4 is 15.9 Å². The molecule has 0 radical (unpaired) electrons. The summed E-state index contributed by atoms with van der Waals surface area (Å²) in [6.45, 7) is 0. The fourth-order valence-corrected chi connectivity index (χ4v) is 4.79. The Bertz CT molecular complexity index is 391. The van der Waals surface area contributed by atoms with Gasteiger partial charge in [0.2, 0.25) is 15.9 Å². The monoisotopic (exact) mass is 287 g/mol. The van der Waals surface area contributed by atoms with Gasteiger partial charge in [-0.2, -0.15) is 0 Å². The van der Waals surface area contributed by atoms with Gasteiger partial charge in [-0.25, -0.2) is 8.42 Å². The Morgan fingerprint density at radius 1 is 0.789 bits per heavy atom. The van der Waals surface area contributed by atoms with E-state index in [1.165, 1.54) is 6.42 Å². The van der Waals surface area contributed by atoms with Gasteiger partial charge in [0.05, 0.1) is 5.25 Å². The van der Waals surface area contributed by atoms with Crippen LogP contribution in [0.3, 0.4) is 0 Å². The predicted octanol–water partition coefficient (Wildman–Crippen LogP) is 2.74. The van der Waals surface area contributed by atoms with Crippen molar-refractivity contribution in [1.29, 1.82) is 0 Å². The lowest BCUT2D eigenvalue weighted by atomic mass is 10.0. The van der Waals surface area contributed by atoms with Crippen molar-refractivity contribution in [3.8, 4) is 0 Å². The number of carbonyl (C=O) groups excluding carboxylic acids is 1. The SMILES string of the molecule is O=C(NS(=O)(=O)C1CCCCCCC1)C1CCCC1. The molecular weight excluding hydrogens is 262 g/mol. The molecule has 2 saturated carbocycles. The van der Waals surface area contributed by atoms with Crippen molar-refractivity contribution in [2.24, 2.45) is 5.92 Å². The third-order valence-corrected chi connectivity index (χ3v) is 6.29. The Morgan fingerprint density at radius 2 is 1.26 bits per heavy atom. The molecule has 19 heavy (non-hydrogen) atoms. The zero-order valence-corrected chi connectivity index (χ0v) is 12.4. The van der Waals surface area contributed by atoms with Gasteiger partial charge in [-0.3, -0.25) is 9.52 Å². The van der Waals surface area contributed by atoms with Gasteiger partial charge in [-0.1, -0.05) is 44.9 Å². The molecule has 1 N–H and O–H groups in total. The molecule has 2 aliphatic carbocycles. The van der Waals surface area contributed by atoms with E-state index in [2.05, 4.69) is 4.72 Å². The molecule has 2 rings (SSSR count). The normalized spacial score (nSPS) is 23.8. The highest BCUT2D eigenvalue weighted by Gasteiger charge is 2.31. The summed E-state index contributed by atoms with van der Waals surface area (Å²) in [7, 11) is -3.46. The molecule has 0 saturated heterocycles. The molecule has 0 aromatic carbocycles. The third-order valence-electron chi connectivity index (χ3n) is 4.46. The first kappa shape index (κ1) is 14.8. The maximum atomic E-state index is 12.3. The Morgan fingerprint density at radius 3 is 1.84 bits per heavy atom. The summed E-state index contributed by atoms with van der Waals surface area (Å²) >= 11 is 0. The summed E-state index contributed by atoms with van der Waals surface area (Å²) < 4.78 is 26.9. The molecule has 1 amide bonds. The number of carbonyl (C=O) groups is 1. The molecule has 0 bridgehead atoms. The van der Waals surface area contributed by atoms with E-state index in [1.807, 2.05) is 0 Å². The summed E-state index contributed by atoms with van der Waals surface area (Å²) in [5.74, 6) is -0.345. The minimum atomic E-state index is -3.46. The predicted molar refractivity (Wildman–Crippen MR) is 75.1 cm³/mol. The van der Waals surface area contributed by atoms with Gasteiger partial charge in [-0.05, 0) is 25.7 Å². The van der Waals surface area contributed by atoms with Crippen LogP contribution < -0.4 is 4.72 Å². The van der Waals surface area contributed by atoms with Gasteiger partial charge in [0.25, 0.3) is 0 Å². The fraction of sp³-hybridized carbons (Fsp3) is 0.929. The number of sulfonamides is 1. The quantitative estimate of drug-likeness (QED) is 0.868. The van der Waals surface area contributed by atoms with Crippen molar-refractivity contribution in [2.75, 3.05) is 0 Å². The van der Waals surface area contributed by atoms with Gasteiger partial charge in [0, 0.05) is 5.92 Å². The molecule has 0 unspecified atom stereocenters. The molecule has 4 nitrogen and oxygen atoms in total. The standard InChI is InChI=1S/C14H25NO3S/c16-14(12-8-6-7-9-12)15-19(17,18)13-10-4-2-1-3-5-11-13/h12-13H,1-11H2,(H,15,16). The zero-order chi connectivity index (χ0) is 13.7. The molecular formula is C14H25NO3S. The molecule has 0 aromatic heterocycles. The molecule has 0 spiro atoms. The van der Waals surface area contributed by atoms with Crippen LogP contribution in [0.5, 0.6) is 0 Å². The van der Waals surface area contributed by atoms with Gasteiger partial charge in [0.15, 0.2) is 0 Å².